The summed E-state index contributed by atoms with van der Waals surface area (Å²) < 4.78 is 68.4. The molecule has 0 unspecified atom stereocenters. The molecule has 103 heavy (non-hydrogen) atoms. The Morgan fingerprint density at radius 3 is 0.408 bits per heavy atom. The summed E-state index contributed by atoms with van der Waals surface area (Å²) in [7, 11) is -8.74. The van der Waals surface area contributed by atoms with Crippen LogP contribution in [0.3, 0.4) is 0 Å². The summed E-state index contributed by atoms with van der Waals surface area (Å²) in [6, 6.07) is 13.3. The first kappa shape index (κ1) is 103. The molecule has 0 heterocycles. The third kappa shape index (κ3) is 75.3. The number of hydrogen-bond donors (Lipinski definition) is 0. The minimum absolute atomic E-state index is 0. The summed E-state index contributed by atoms with van der Waals surface area (Å²) in [5.41, 5.74) is 1.35. The topological polar surface area (TPSA) is 114 Å². The largest absolute Gasteiger partial charge is 2.00 e. The van der Waals surface area contributed by atoms with Gasteiger partial charge in [-0.15, -0.1) is 0 Å². The van der Waals surface area contributed by atoms with E-state index in [0.29, 0.717) is 24.0 Å². The van der Waals surface area contributed by atoms with Crippen LogP contribution in [0.15, 0.2) is 58.3 Å². The van der Waals surface area contributed by atoms with Gasteiger partial charge in [-0.2, -0.15) is 0 Å². The summed E-state index contributed by atoms with van der Waals surface area (Å²) in [6.45, 7) is 4.61. The molecule has 0 atom stereocenters. The normalized spacial score (nSPS) is 11.8. The molecule has 0 spiro atoms. The van der Waals surface area contributed by atoms with Crippen LogP contribution in [0.4, 0.5) is 0 Å². The van der Waals surface area contributed by atoms with Gasteiger partial charge >= 0.3 is 37.7 Å². The second-order valence-electron chi connectivity index (χ2n) is 32.5. The van der Waals surface area contributed by atoms with Crippen molar-refractivity contribution in [2.75, 3.05) is 0 Å². The maximum atomic E-state index is 11.4. The summed E-state index contributed by atoms with van der Waals surface area (Å²) in [4.78, 5) is -0.0803. The maximum Gasteiger partial charge on any atom is 2.00 e. The quantitative estimate of drug-likeness (QED) is 0.0370. The van der Waals surface area contributed by atoms with E-state index in [1.807, 2.05) is 12.1 Å². The fourth-order valence-corrected chi connectivity index (χ4v) is 17.2. The molecule has 0 aliphatic rings. The molecular weight excluding hydrogens is 1330 g/mol. The minimum atomic E-state index is -4.37. The zero-order valence-electron chi connectivity index (χ0n) is 69.2. The fourth-order valence-electron chi connectivity index (χ4n) is 15.8. The van der Waals surface area contributed by atoms with Crippen molar-refractivity contribution in [3.63, 3.8) is 0 Å². The number of benzene rings is 2. The second-order valence-corrected chi connectivity index (χ2v) is 35.2. The van der Waals surface area contributed by atoms with Gasteiger partial charge in [0.05, 0.1) is 9.79 Å². The summed E-state index contributed by atoms with van der Waals surface area (Å²) in [5.74, 6) is 0. The van der Waals surface area contributed by atoms with Crippen LogP contribution < -0.4 is 0 Å². The van der Waals surface area contributed by atoms with Gasteiger partial charge in [0.15, 0.2) is 0 Å². The van der Waals surface area contributed by atoms with Crippen molar-refractivity contribution in [2.45, 2.75) is 537 Å². The van der Waals surface area contributed by atoms with E-state index in [9.17, 15) is 25.9 Å². The van der Waals surface area contributed by atoms with E-state index in [-0.39, 0.29) is 47.5 Å². The Kier molecular flexibility index (Phi) is 82.1. The monoisotopic (exact) mass is 1500 g/mol. The molecule has 0 N–H and O–H groups in total. The van der Waals surface area contributed by atoms with Gasteiger partial charge in [-0.25, -0.2) is 16.8 Å². The average molecular weight is 1500 g/mol. The molecule has 600 valence electrons. The van der Waals surface area contributed by atoms with E-state index in [4.69, 9.17) is 0 Å². The van der Waals surface area contributed by atoms with E-state index >= 15 is 0 Å². The molecule has 0 amide bonds. The van der Waals surface area contributed by atoms with Crippen LogP contribution in [-0.4, -0.2) is 63.7 Å². The third-order valence-corrected chi connectivity index (χ3v) is 24.5. The molecule has 2 rings (SSSR count). The molecule has 0 saturated heterocycles. The molecule has 0 saturated carbocycles. The van der Waals surface area contributed by atoms with E-state index in [1.165, 1.54) is 487 Å². The number of hydrogen-bond acceptors (Lipinski definition) is 6. The zero-order chi connectivity index (χ0) is 73.5. The van der Waals surface area contributed by atoms with Crippen LogP contribution >= 0.6 is 0 Å². The third-order valence-electron chi connectivity index (χ3n) is 22.6. The average Bonchev–Trinajstić information content (AvgIpc) is 0.848. The van der Waals surface area contributed by atoms with Crippen molar-refractivity contribution in [2.24, 2.45) is 0 Å². The Morgan fingerprint density at radius 1 is 0.184 bits per heavy atom. The summed E-state index contributed by atoms with van der Waals surface area (Å²) >= 11 is 0. The van der Waals surface area contributed by atoms with Gasteiger partial charge in [0.1, 0.15) is 20.2 Å². The standard InChI is InChI=1S/2C47H88O3S.Ca/c2*1-2-3-4-5-6-7-8-9-10-11-12-13-14-15-16-17-18-19-20-21-22-23-24-25-26-27-28-29-30-31-32-33-34-35-36-37-38-39-40-43-46-44-41-42-45-47(46)51(48,49)50;/h2*41-42,44-45H,2-40,43H2,1H3,(H,48,49,50);/q;;+2/p-2. The van der Waals surface area contributed by atoms with Crippen LogP contribution in [0.2, 0.25) is 0 Å². The summed E-state index contributed by atoms with van der Waals surface area (Å²) in [6.07, 6.45) is 112. The Morgan fingerprint density at radius 2 is 0.291 bits per heavy atom. The molecular formula is C94H174CaO6S2. The molecule has 0 aliphatic heterocycles. The van der Waals surface area contributed by atoms with Gasteiger partial charge in [0.25, 0.3) is 0 Å². The van der Waals surface area contributed by atoms with Gasteiger partial charge in [-0.1, -0.05) is 538 Å². The van der Waals surface area contributed by atoms with Crippen molar-refractivity contribution in [1.29, 1.82) is 0 Å². The van der Waals surface area contributed by atoms with Crippen LogP contribution in [0.5, 0.6) is 0 Å². The summed E-state index contributed by atoms with van der Waals surface area (Å²) in [5, 5.41) is 0. The number of unbranched alkanes of at least 4 members (excludes halogenated alkanes) is 76. The van der Waals surface area contributed by atoms with Crippen molar-refractivity contribution in [3.8, 4) is 0 Å². The van der Waals surface area contributed by atoms with E-state index in [1.54, 1.807) is 24.3 Å². The van der Waals surface area contributed by atoms with Gasteiger partial charge in [0.2, 0.25) is 0 Å². The maximum absolute atomic E-state index is 11.4. The first-order valence-electron chi connectivity index (χ1n) is 46.2. The van der Waals surface area contributed by atoms with Crippen LogP contribution in [-0.2, 0) is 33.1 Å². The van der Waals surface area contributed by atoms with Crippen LogP contribution in [0, 0.1) is 0 Å². The van der Waals surface area contributed by atoms with Crippen LogP contribution in [0.25, 0.3) is 0 Å². The van der Waals surface area contributed by atoms with Crippen molar-refractivity contribution < 1.29 is 25.9 Å². The van der Waals surface area contributed by atoms with E-state index < -0.39 is 20.2 Å². The van der Waals surface area contributed by atoms with Crippen molar-refractivity contribution >= 4 is 58.0 Å². The molecule has 9 heteroatoms. The zero-order valence-corrected chi connectivity index (χ0v) is 73.0. The predicted octanol–water partition coefficient (Wildman–Crippen LogP) is 32.4. The first-order valence-corrected chi connectivity index (χ1v) is 49.0. The second kappa shape index (κ2) is 82.5. The molecule has 0 aliphatic carbocycles. The Balaban J connectivity index is 0.00000200. The Hall–Kier alpha value is -0.480. The fraction of sp³-hybridized carbons (Fsp3) is 0.872. The van der Waals surface area contributed by atoms with Crippen molar-refractivity contribution in [3.05, 3.63) is 59.7 Å². The van der Waals surface area contributed by atoms with Gasteiger partial charge in [-0.3, -0.25) is 0 Å². The van der Waals surface area contributed by atoms with Gasteiger partial charge < -0.3 is 9.11 Å². The molecule has 6 nitrogen and oxygen atoms in total. The number of aryl methyl sites for hydroxylation is 2. The molecule has 0 bridgehead atoms. The van der Waals surface area contributed by atoms with Crippen molar-refractivity contribution in [1.82, 2.24) is 0 Å². The number of rotatable bonds is 82. The Labute approximate surface area is 675 Å². The van der Waals surface area contributed by atoms with E-state index in [2.05, 4.69) is 13.8 Å². The molecule has 2 aromatic rings. The van der Waals surface area contributed by atoms with Gasteiger partial charge in [-0.05, 0) is 48.9 Å². The molecule has 0 fully saturated rings. The smallest absolute Gasteiger partial charge is 0.744 e. The predicted molar refractivity (Wildman–Crippen MR) is 453 cm³/mol. The SMILES string of the molecule is CCCCCCCCCCCCCCCCCCCCCCCCCCCCCCCCCCCCCCCCCc1ccccc1S(=O)(=O)[O-].CCCCCCCCCCCCCCCCCCCCCCCCCCCCCCCCCCCCCCCCCc1ccccc1S(=O)(=O)[O-].[Ca+2]. The molecule has 2 aromatic carbocycles. The Bertz CT molecular complexity index is 2050. The first-order chi connectivity index (χ1) is 50.1. The minimum Gasteiger partial charge on any atom is -0.744 e. The van der Waals surface area contributed by atoms with Gasteiger partial charge in [0, 0.05) is 0 Å². The molecule has 0 aromatic heterocycles. The molecule has 0 radical (unpaired) electrons. The van der Waals surface area contributed by atoms with Crippen LogP contribution in [0.1, 0.15) is 526 Å². The van der Waals surface area contributed by atoms with E-state index in [0.717, 1.165) is 25.7 Å².